The molecule has 0 N–H and O–H groups in total. The minimum atomic E-state index is -0.621. The third-order valence-electron chi connectivity index (χ3n) is 2.54. The lowest BCUT2D eigenvalue weighted by Crippen LogP contribution is -2.43. The number of nitrogens with zero attached hydrogens (tertiary/aromatic N) is 1. The summed E-state index contributed by atoms with van der Waals surface area (Å²) in [6.45, 7) is 6.98. The number of ether oxygens (including phenoxy) is 2. The summed E-state index contributed by atoms with van der Waals surface area (Å²) in [7, 11) is 1.56. The number of benzene rings is 1. The molecular weight excluding hydrogens is 258 g/mol. The highest BCUT2D eigenvalue weighted by molar-refractivity contribution is 5.92. The molecule has 20 heavy (non-hydrogen) atoms. The summed E-state index contributed by atoms with van der Waals surface area (Å²) >= 11 is 0. The number of carbonyl (C=O) groups excluding carboxylic acids is 2. The molecule has 5 heteroatoms. The van der Waals surface area contributed by atoms with Crippen LogP contribution in [-0.4, -0.2) is 31.1 Å². The number of carbonyl (C=O) groups is 2. The molecule has 0 aromatic heterocycles. The van der Waals surface area contributed by atoms with Crippen molar-refractivity contribution in [3.8, 4) is 5.75 Å². The van der Waals surface area contributed by atoms with Crippen molar-refractivity contribution in [2.75, 3.05) is 12.0 Å². The summed E-state index contributed by atoms with van der Waals surface area (Å²) < 4.78 is 10.4. The summed E-state index contributed by atoms with van der Waals surface area (Å²) in [6.07, 6.45) is 0.149. The lowest BCUT2D eigenvalue weighted by molar-refractivity contribution is -0.108. The Balaban J connectivity index is 3.05. The maximum Gasteiger partial charge on any atom is 0.415 e. The predicted molar refractivity (Wildman–Crippen MR) is 77.2 cm³/mol. The van der Waals surface area contributed by atoms with Gasteiger partial charge in [-0.25, -0.2) is 4.79 Å². The normalized spacial score (nSPS) is 12.4. The van der Waals surface area contributed by atoms with Crippen LogP contribution in [0.1, 0.15) is 27.7 Å². The van der Waals surface area contributed by atoms with Crippen LogP contribution in [0.25, 0.3) is 0 Å². The van der Waals surface area contributed by atoms with Gasteiger partial charge in [0.1, 0.15) is 17.6 Å². The Kier molecular flexibility index (Phi) is 5.13. The Bertz CT molecular complexity index is 462. The van der Waals surface area contributed by atoms with Crippen LogP contribution >= 0.6 is 0 Å². The molecule has 1 atom stereocenters. The average Bonchev–Trinajstić information content (AvgIpc) is 2.37. The molecule has 1 amide bonds. The minimum Gasteiger partial charge on any atom is -0.497 e. The van der Waals surface area contributed by atoms with Gasteiger partial charge in [-0.3, -0.25) is 4.90 Å². The molecule has 0 radical (unpaired) electrons. The van der Waals surface area contributed by atoms with Crippen molar-refractivity contribution < 1.29 is 19.1 Å². The van der Waals surface area contributed by atoms with Gasteiger partial charge in [0.2, 0.25) is 0 Å². The van der Waals surface area contributed by atoms with Gasteiger partial charge in [-0.2, -0.15) is 0 Å². The first kappa shape index (κ1) is 16.0. The van der Waals surface area contributed by atoms with Gasteiger partial charge in [0.05, 0.1) is 13.2 Å². The Hall–Kier alpha value is -2.04. The van der Waals surface area contributed by atoms with E-state index in [-0.39, 0.29) is 0 Å². The van der Waals surface area contributed by atoms with Gasteiger partial charge in [-0.15, -0.1) is 0 Å². The number of amides is 1. The molecule has 110 valence electrons. The smallest absolute Gasteiger partial charge is 0.415 e. The van der Waals surface area contributed by atoms with E-state index < -0.39 is 17.7 Å². The van der Waals surface area contributed by atoms with E-state index in [1.165, 1.54) is 4.90 Å². The fourth-order valence-electron chi connectivity index (χ4n) is 1.62. The first-order valence-electron chi connectivity index (χ1n) is 6.40. The third kappa shape index (κ3) is 4.26. The van der Waals surface area contributed by atoms with Gasteiger partial charge < -0.3 is 14.3 Å². The fraction of sp³-hybridized carbons (Fsp3) is 0.467. The second kappa shape index (κ2) is 6.41. The van der Waals surface area contributed by atoms with E-state index in [0.717, 1.165) is 0 Å². The van der Waals surface area contributed by atoms with Gasteiger partial charge in [0.25, 0.3) is 0 Å². The topological polar surface area (TPSA) is 55.8 Å². The zero-order chi connectivity index (χ0) is 15.3. The number of anilines is 1. The van der Waals surface area contributed by atoms with Crippen LogP contribution < -0.4 is 9.64 Å². The molecule has 0 spiro atoms. The highest BCUT2D eigenvalue weighted by Gasteiger charge is 2.27. The van der Waals surface area contributed by atoms with Crippen LogP contribution in [0.3, 0.4) is 0 Å². The van der Waals surface area contributed by atoms with Gasteiger partial charge >= 0.3 is 6.09 Å². The van der Waals surface area contributed by atoms with Crippen LogP contribution in [-0.2, 0) is 9.53 Å². The van der Waals surface area contributed by atoms with E-state index in [0.29, 0.717) is 17.7 Å². The highest BCUT2D eigenvalue weighted by atomic mass is 16.6. The number of methoxy groups -OCH3 is 1. The molecule has 0 bridgehead atoms. The number of hydrogen-bond acceptors (Lipinski definition) is 4. The summed E-state index contributed by atoms with van der Waals surface area (Å²) in [6, 6.07) is 6.26. The largest absolute Gasteiger partial charge is 0.497 e. The van der Waals surface area contributed by atoms with Gasteiger partial charge in [0, 0.05) is 5.69 Å². The molecule has 1 rings (SSSR count). The molecule has 1 aromatic carbocycles. The maximum atomic E-state index is 12.2. The quantitative estimate of drug-likeness (QED) is 0.795. The Labute approximate surface area is 119 Å². The molecule has 0 saturated carbocycles. The van der Waals surface area contributed by atoms with Gasteiger partial charge in [0.15, 0.2) is 0 Å². The molecular formula is C15H21NO4. The summed E-state index contributed by atoms with van der Waals surface area (Å²) in [5, 5.41) is 0. The van der Waals surface area contributed by atoms with E-state index in [4.69, 9.17) is 9.47 Å². The predicted octanol–water partition coefficient (Wildman–Crippen LogP) is 3.02. The van der Waals surface area contributed by atoms with Crippen molar-refractivity contribution in [2.45, 2.75) is 39.3 Å². The highest BCUT2D eigenvalue weighted by Crippen LogP contribution is 2.23. The lowest BCUT2D eigenvalue weighted by Gasteiger charge is -2.29. The second-order valence-corrected chi connectivity index (χ2v) is 5.43. The van der Waals surface area contributed by atoms with Crippen molar-refractivity contribution in [3.05, 3.63) is 24.3 Å². The molecule has 0 heterocycles. The standard InChI is InChI=1S/C15H21NO4/c1-11(10-17)16(14(18)20-15(2,3)4)12-6-8-13(19-5)9-7-12/h6-11H,1-5H3. The summed E-state index contributed by atoms with van der Waals surface area (Å²) in [5.74, 6) is 0.677. The second-order valence-electron chi connectivity index (χ2n) is 5.43. The minimum absolute atomic E-state index is 0.553. The molecule has 1 unspecified atom stereocenters. The first-order valence-corrected chi connectivity index (χ1v) is 6.40. The zero-order valence-corrected chi connectivity index (χ0v) is 12.5. The Morgan fingerprint density at radius 2 is 1.80 bits per heavy atom. The summed E-state index contributed by atoms with van der Waals surface area (Å²) in [4.78, 5) is 24.6. The van der Waals surface area contributed by atoms with Crippen LogP contribution in [0.5, 0.6) is 5.75 Å². The first-order chi connectivity index (χ1) is 9.28. The Morgan fingerprint density at radius 1 is 1.25 bits per heavy atom. The molecule has 0 saturated heterocycles. The van der Waals surface area contributed by atoms with E-state index in [1.54, 1.807) is 59.1 Å². The Morgan fingerprint density at radius 3 is 2.20 bits per heavy atom. The van der Waals surface area contributed by atoms with Crippen molar-refractivity contribution in [1.82, 2.24) is 0 Å². The van der Waals surface area contributed by atoms with Crippen LogP contribution in [0.4, 0.5) is 10.5 Å². The molecule has 0 aliphatic heterocycles. The zero-order valence-electron chi connectivity index (χ0n) is 12.5. The van der Waals surface area contributed by atoms with Crippen molar-refractivity contribution >= 4 is 18.1 Å². The molecule has 5 nitrogen and oxygen atoms in total. The third-order valence-corrected chi connectivity index (χ3v) is 2.54. The molecule has 0 fully saturated rings. The molecule has 0 aliphatic carbocycles. The number of aldehydes is 1. The molecule has 0 aliphatic rings. The SMILES string of the molecule is COc1ccc(N(C(=O)OC(C)(C)C)C(C)C=O)cc1. The monoisotopic (exact) mass is 279 g/mol. The van der Waals surface area contributed by atoms with Crippen LogP contribution in [0.15, 0.2) is 24.3 Å². The number of hydrogen-bond donors (Lipinski definition) is 0. The number of rotatable bonds is 4. The van der Waals surface area contributed by atoms with E-state index in [9.17, 15) is 9.59 Å². The van der Waals surface area contributed by atoms with Crippen molar-refractivity contribution in [1.29, 1.82) is 0 Å². The van der Waals surface area contributed by atoms with E-state index >= 15 is 0 Å². The van der Waals surface area contributed by atoms with Crippen LogP contribution in [0.2, 0.25) is 0 Å². The van der Waals surface area contributed by atoms with Crippen LogP contribution in [0, 0.1) is 0 Å². The molecule has 1 aromatic rings. The van der Waals surface area contributed by atoms with E-state index in [1.807, 2.05) is 0 Å². The summed E-state index contributed by atoms with van der Waals surface area (Å²) in [5.41, 5.74) is -0.0376. The van der Waals surface area contributed by atoms with Gasteiger partial charge in [-0.1, -0.05) is 0 Å². The fourth-order valence-corrected chi connectivity index (χ4v) is 1.62. The maximum absolute atomic E-state index is 12.2. The van der Waals surface area contributed by atoms with Crippen molar-refractivity contribution in [3.63, 3.8) is 0 Å². The van der Waals surface area contributed by atoms with Gasteiger partial charge in [-0.05, 0) is 52.0 Å². The lowest BCUT2D eigenvalue weighted by atomic mass is 10.2. The van der Waals surface area contributed by atoms with Crippen molar-refractivity contribution in [2.24, 2.45) is 0 Å². The average molecular weight is 279 g/mol. The van der Waals surface area contributed by atoms with E-state index in [2.05, 4.69) is 0 Å².